The molecule has 0 aliphatic carbocycles. The van der Waals surface area contributed by atoms with Crippen molar-refractivity contribution in [2.45, 2.75) is 0 Å². The number of rotatable bonds is 3. The van der Waals surface area contributed by atoms with E-state index in [9.17, 15) is 0 Å². The molecule has 0 aliphatic heterocycles. The Balaban J connectivity index is 0.000000153. The molecule has 0 spiro atoms. The van der Waals surface area contributed by atoms with Gasteiger partial charge in [-0.2, -0.15) is 0 Å². The Morgan fingerprint density at radius 2 is 0.316 bits per heavy atom. The van der Waals surface area contributed by atoms with Gasteiger partial charge in [0.25, 0.3) is 0 Å². The fourth-order valence-corrected chi connectivity index (χ4v) is 3.78. The summed E-state index contributed by atoms with van der Waals surface area (Å²) < 4.78 is 0. The lowest BCUT2D eigenvalue weighted by molar-refractivity contribution is 0.629. The Hall–Kier alpha value is -4.50. The highest BCUT2D eigenvalue weighted by atomic mass is 28.2. The van der Waals surface area contributed by atoms with E-state index in [1.54, 1.807) is 0 Å². The van der Waals surface area contributed by atoms with Gasteiger partial charge >= 0.3 is 0 Å². The SMILES string of the molecule is O[SiH3].c1ccc(-c2ccccc2)cc1.c1ccc(-c2ccccc2)cc1.c1ccc(-c2ccccc2)cc1. The van der Waals surface area contributed by atoms with Gasteiger partial charge in [-0.15, -0.1) is 0 Å². The van der Waals surface area contributed by atoms with Crippen LogP contribution in [0.25, 0.3) is 33.4 Å². The van der Waals surface area contributed by atoms with Crippen molar-refractivity contribution in [3.63, 3.8) is 0 Å². The molecule has 1 N–H and O–H groups in total. The van der Waals surface area contributed by atoms with Crippen molar-refractivity contribution < 1.29 is 4.80 Å². The molecule has 0 radical (unpaired) electrons. The fourth-order valence-electron chi connectivity index (χ4n) is 3.78. The number of benzene rings is 6. The third-order valence-electron chi connectivity index (χ3n) is 5.64. The van der Waals surface area contributed by atoms with Crippen LogP contribution in [0.5, 0.6) is 0 Å². The minimum absolute atomic E-state index is 0.306. The van der Waals surface area contributed by atoms with Gasteiger partial charge in [0.2, 0.25) is 0 Å². The molecule has 0 unspecified atom stereocenters. The van der Waals surface area contributed by atoms with Crippen LogP contribution in [-0.4, -0.2) is 15.3 Å². The van der Waals surface area contributed by atoms with Gasteiger partial charge in [-0.25, -0.2) is 0 Å². The molecular formula is C36H34OSi. The maximum atomic E-state index is 7.14. The summed E-state index contributed by atoms with van der Waals surface area (Å²) in [5.74, 6) is 0. The molecule has 0 bridgehead atoms. The lowest BCUT2D eigenvalue weighted by Crippen LogP contribution is -1.73. The summed E-state index contributed by atoms with van der Waals surface area (Å²) in [6, 6.07) is 62.3. The number of hydrogen-bond acceptors (Lipinski definition) is 1. The van der Waals surface area contributed by atoms with Crippen molar-refractivity contribution in [2.75, 3.05) is 0 Å². The summed E-state index contributed by atoms with van der Waals surface area (Å²) in [5.41, 5.74) is 7.66. The van der Waals surface area contributed by atoms with Gasteiger partial charge in [0.05, 0.1) is 0 Å². The van der Waals surface area contributed by atoms with E-state index in [0.717, 1.165) is 0 Å². The van der Waals surface area contributed by atoms with E-state index < -0.39 is 0 Å². The first kappa shape index (κ1) is 28.1. The molecule has 6 aromatic rings. The van der Waals surface area contributed by atoms with Crippen LogP contribution in [0.2, 0.25) is 0 Å². The summed E-state index contributed by atoms with van der Waals surface area (Å²) in [5, 5.41) is 0. The van der Waals surface area contributed by atoms with Crippen LogP contribution in [0.3, 0.4) is 0 Å². The molecule has 0 amide bonds. The second kappa shape index (κ2) is 17.0. The molecule has 0 aromatic heterocycles. The third kappa shape index (κ3) is 9.51. The smallest absolute Gasteiger partial charge is 0.141 e. The van der Waals surface area contributed by atoms with Gasteiger partial charge in [0, 0.05) is 0 Å². The predicted octanol–water partition coefficient (Wildman–Crippen LogP) is 8.32. The van der Waals surface area contributed by atoms with Crippen molar-refractivity contribution >= 4 is 10.5 Å². The monoisotopic (exact) mass is 510 g/mol. The van der Waals surface area contributed by atoms with Crippen molar-refractivity contribution in [3.8, 4) is 33.4 Å². The summed E-state index contributed by atoms with van der Waals surface area (Å²) in [4.78, 5) is 7.14. The maximum absolute atomic E-state index is 7.14. The van der Waals surface area contributed by atoms with E-state index in [2.05, 4.69) is 146 Å². The first-order valence-corrected chi connectivity index (χ1v) is 13.6. The van der Waals surface area contributed by atoms with E-state index in [-0.39, 0.29) is 0 Å². The van der Waals surface area contributed by atoms with Gasteiger partial charge in [0.1, 0.15) is 10.5 Å². The van der Waals surface area contributed by atoms with Crippen LogP contribution in [0.4, 0.5) is 0 Å². The zero-order chi connectivity index (χ0) is 26.7. The Morgan fingerprint density at radius 1 is 0.211 bits per heavy atom. The Kier molecular flexibility index (Phi) is 12.6. The van der Waals surface area contributed by atoms with E-state index >= 15 is 0 Å². The Morgan fingerprint density at radius 3 is 0.421 bits per heavy atom. The third-order valence-corrected chi connectivity index (χ3v) is 5.64. The summed E-state index contributed by atoms with van der Waals surface area (Å²) in [6.45, 7) is 0. The lowest BCUT2D eigenvalue weighted by atomic mass is 10.1. The maximum Gasteiger partial charge on any atom is 0.141 e. The Labute approximate surface area is 230 Å². The molecule has 0 heterocycles. The lowest BCUT2D eigenvalue weighted by Gasteiger charge is -1.98. The average molecular weight is 511 g/mol. The number of hydrogen-bond donors (Lipinski definition) is 1. The molecule has 188 valence electrons. The van der Waals surface area contributed by atoms with Crippen molar-refractivity contribution in [1.29, 1.82) is 0 Å². The zero-order valence-electron chi connectivity index (χ0n) is 21.8. The molecule has 0 atom stereocenters. The minimum Gasteiger partial charge on any atom is -0.442 e. The second-order valence-corrected chi connectivity index (χ2v) is 8.20. The molecule has 2 heteroatoms. The average Bonchev–Trinajstić information content (AvgIpc) is 3.05. The van der Waals surface area contributed by atoms with Crippen LogP contribution in [-0.2, 0) is 0 Å². The topological polar surface area (TPSA) is 20.2 Å². The standard InChI is InChI=1S/3C12H10.H4OSi/c3*1-3-7-11(8-4-1)12-9-5-2-6-10-12;1-2/h3*1-10H;1H,2H3. The highest BCUT2D eigenvalue weighted by Crippen LogP contribution is 2.19. The fraction of sp³-hybridized carbons (Fsp3) is 0. The van der Waals surface area contributed by atoms with Gasteiger partial charge in [0.15, 0.2) is 0 Å². The molecular weight excluding hydrogens is 476 g/mol. The largest absolute Gasteiger partial charge is 0.442 e. The van der Waals surface area contributed by atoms with Crippen molar-refractivity contribution in [3.05, 3.63) is 182 Å². The van der Waals surface area contributed by atoms with Gasteiger partial charge in [-0.3, -0.25) is 0 Å². The molecule has 0 fully saturated rings. The van der Waals surface area contributed by atoms with E-state index in [4.69, 9.17) is 4.80 Å². The van der Waals surface area contributed by atoms with Gasteiger partial charge < -0.3 is 4.80 Å². The zero-order valence-corrected chi connectivity index (χ0v) is 23.8. The molecule has 6 aromatic carbocycles. The predicted molar refractivity (Wildman–Crippen MR) is 168 cm³/mol. The first-order valence-electron chi connectivity index (χ1n) is 12.7. The second-order valence-electron chi connectivity index (χ2n) is 8.20. The van der Waals surface area contributed by atoms with Crippen LogP contribution in [0.15, 0.2) is 182 Å². The van der Waals surface area contributed by atoms with Crippen LogP contribution >= 0.6 is 0 Å². The van der Waals surface area contributed by atoms with E-state index in [0.29, 0.717) is 10.5 Å². The van der Waals surface area contributed by atoms with E-state index in [1.165, 1.54) is 33.4 Å². The van der Waals surface area contributed by atoms with Gasteiger partial charge in [-0.1, -0.05) is 182 Å². The molecule has 0 aliphatic rings. The molecule has 0 saturated heterocycles. The molecule has 6 rings (SSSR count). The van der Waals surface area contributed by atoms with Crippen LogP contribution < -0.4 is 0 Å². The summed E-state index contributed by atoms with van der Waals surface area (Å²) in [7, 11) is 0.306. The first-order chi connectivity index (χ1) is 18.9. The van der Waals surface area contributed by atoms with Crippen LogP contribution in [0, 0.1) is 0 Å². The highest BCUT2D eigenvalue weighted by Gasteiger charge is 1.93. The highest BCUT2D eigenvalue weighted by molar-refractivity contribution is 5.95. The Bertz CT molecular complexity index is 1080. The normalized spacial score (nSPS) is 9.39. The molecule has 0 saturated carbocycles. The van der Waals surface area contributed by atoms with Gasteiger partial charge in [-0.05, 0) is 33.4 Å². The van der Waals surface area contributed by atoms with Crippen molar-refractivity contribution in [1.82, 2.24) is 0 Å². The quantitative estimate of drug-likeness (QED) is 0.237. The molecule has 38 heavy (non-hydrogen) atoms. The van der Waals surface area contributed by atoms with E-state index in [1.807, 2.05) is 36.4 Å². The van der Waals surface area contributed by atoms with Crippen molar-refractivity contribution in [2.24, 2.45) is 0 Å². The minimum atomic E-state index is 0.306. The van der Waals surface area contributed by atoms with Crippen LogP contribution in [0.1, 0.15) is 0 Å². The summed E-state index contributed by atoms with van der Waals surface area (Å²) in [6.07, 6.45) is 0. The molecule has 1 nitrogen and oxygen atoms in total. The summed E-state index contributed by atoms with van der Waals surface area (Å²) >= 11 is 0.